The van der Waals surface area contributed by atoms with Crippen LogP contribution in [-0.4, -0.2) is 25.5 Å². The smallest absolute Gasteiger partial charge is 0.310 e. The van der Waals surface area contributed by atoms with Gasteiger partial charge in [-0.2, -0.15) is 0 Å². The molecular formula is C7H12N2O2. The first-order valence-corrected chi connectivity index (χ1v) is 3.60. The van der Waals surface area contributed by atoms with E-state index in [1.807, 2.05) is 0 Å². The molecule has 0 unspecified atom stereocenters. The van der Waals surface area contributed by atoms with Crippen molar-refractivity contribution in [1.82, 2.24) is 0 Å². The van der Waals surface area contributed by atoms with Crippen molar-refractivity contribution in [3.63, 3.8) is 0 Å². The predicted octanol–water partition coefficient (Wildman–Crippen LogP) is -0.0734. The fourth-order valence-electron chi connectivity index (χ4n) is 1.08. The standard InChI is InChI=1S/C7H12N2O2/c1-11-7(10)5-2-3-6(8)9-4-5/h5H,2-4H2,1H3,(H2,8,9)/t5-/m1/s1. The number of ether oxygens (including phenoxy) is 1. The van der Waals surface area contributed by atoms with E-state index in [9.17, 15) is 4.79 Å². The fraction of sp³-hybridized carbons (Fsp3) is 0.714. The molecule has 0 aliphatic carbocycles. The second-order valence-electron chi connectivity index (χ2n) is 2.59. The Morgan fingerprint density at radius 3 is 3.00 bits per heavy atom. The van der Waals surface area contributed by atoms with Crippen LogP contribution in [0.3, 0.4) is 0 Å². The zero-order chi connectivity index (χ0) is 8.27. The molecule has 2 N–H and O–H groups in total. The van der Waals surface area contributed by atoms with E-state index in [4.69, 9.17) is 5.73 Å². The van der Waals surface area contributed by atoms with Gasteiger partial charge in [0.25, 0.3) is 0 Å². The van der Waals surface area contributed by atoms with E-state index in [1.165, 1.54) is 7.11 Å². The summed E-state index contributed by atoms with van der Waals surface area (Å²) >= 11 is 0. The average molecular weight is 156 g/mol. The van der Waals surface area contributed by atoms with E-state index < -0.39 is 0 Å². The van der Waals surface area contributed by atoms with Crippen molar-refractivity contribution in [2.75, 3.05) is 13.7 Å². The van der Waals surface area contributed by atoms with Crippen LogP contribution in [0.25, 0.3) is 0 Å². The first kappa shape index (κ1) is 8.04. The molecule has 0 saturated heterocycles. The third kappa shape index (κ3) is 1.93. The van der Waals surface area contributed by atoms with Crippen LogP contribution in [0.15, 0.2) is 4.99 Å². The minimum absolute atomic E-state index is 0.0766. The Morgan fingerprint density at radius 1 is 1.82 bits per heavy atom. The summed E-state index contributed by atoms with van der Waals surface area (Å²) in [5, 5.41) is 0. The number of rotatable bonds is 1. The van der Waals surface area contributed by atoms with Crippen LogP contribution in [-0.2, 0) is 9.53 Å². The minimum atomic E-state index is -0.179. The lowest BCUT2D eigenvalue weighted by Crippen LogP contribution is -2.27. The monoisotopic (exact) mass is 156 g/mol. The molecule has 1 aliphatic heterocycles. The molecule has 4 heteroatoms. The molecule has 1 rings (SSSR count). The number of hydrogen-bond acceptors (Lipinski definition) is 4. The summed E-state index contributed by atoms with van der Waals surface area (Å²) in [6.07, 6.45) is 1.47. The summed E-state index contributed by atoms with van der Waals surface area (Å²) in [5.41, 5.74) is 5.44. The molecule has 0 aromatic rings. The SMILES string of the molecule is COC(=O)[C@@H]1CCC(N)=NC1. The first-order valence-electron chi connectivity index (χ1n) is 3.60. The predicted molar refractivity (Wildman–Crippen MR) is 41.2 cm³/mol. The second-order valence-corrected chi connectivity index (χ2v) is 2.59. The van der Waals surface area contributed by atoms with Crippen molar-refractivity contribution < 1.29 is 9.53 Å². The van der Waals surface area contributed by atoms with Crippen LogP contribution in [0.1, 0.15) is 12.8 Å². The molecule has 1 aliphatic rings. The Morgan fingerprint density at radius 2 is 2.55 bits per heavy atom. The van der Waals surface area contributed by atoms with Gasteiger partial charge in [-0.05, 0) is 6.42 Å². The Labute approximate surface area is 65.4 Å². The van der Waals surface area contributed by atoms with E-state index in [0.29, 0.717) is 18.8 Å². The zero-order valence-electron chi connectivity index (χ0n) is 6.54. The molecule has 0 radical (unpaired) electrons. The van der Waals surface area contributed by atoms with Crippen LogP contribution in [0.5, 0.6) is 0 Å². The number of nitrogens with two attached hydrogens (primary N) is 1. The molecule has 0 amide bonds. The summed E-state index contributed by atoms with van der Waals surface area (Å²) in [5.74, 6) is 0.388. The van der Waals surface area contributed by atoms with Crippen LogP contribution in [0.2, 0.25) is 0 Å². The van der Waals surface area contributed by atoms with Crippen LogP contribution < -0.4 is 5.73 Å². The van der Waals surface area contributed by atoms with Gasteiger partial charge in [0.05, 0.1) is 25.4 Å². The Balaban J connectivity index is 2.47. The van der Waals surface area contributed by atoms with E-state index in [0.717, 1.165) is 6.42 Å². The number of carbonyl (C=O) groups excluding carboxylic acids is 1. The molecular weight excluding hydrogens is 144 g/mol. The van der Waals surface area contributed by atoms with E-state index in [-0.39, 0.29) is 11.9 Å². The lowest BCUT2D eigenvalue weighted by Gasteiger charge is -2.16. The highest BCUT2D eigenvalue weighted by molar-refractivity contribution is 5.83. The first-order chi connectivity index (χ1) is 5.24. The van der Waals surface area contributed by atoms with Crippen molar-refractivity contribution in [3.8, 4) is 0 Å². The van der Waals surface area contributed by atoms with Crippen LogP contribution in [0, 0.1) is 5.92 Å². The van der Waals surface area contributed by atoms with Crippen molar-refractivity contribution in [3.05, 3.63) is 0 Å². The van der Waals surface area contributed by atoms with Crippen LogP contribution >= 0.6 is 0 Å². The van der Waals surface area contributed by atoms with Gasteiger partial charge < -0.3 is 10.5 Å². The summed E-state index contributed by atoms with van der Waals surface area (Å²) in [4.78, 5) is 14.9. The van der Waals surface area contributed by atoms with Gasteiger partial charge in [0.1, 0.15) is 0 Å². The minimum Gasteiger partial charge on any atom is -0.469 e. The number of hydrogen-bond donors (Lipinski definition) is 1. The van der Waals surface area contributed by atoms with E-state index in [2.05, 4.69) is 9.73 Å². The normalized spacial score (nSPS) is 24.1. The number of nitrogens with zero attached hydrogens (tertiary/aromatic N) is 1. The number of esters is 1. The van der Waals surface area contributed by atoms with Crippen LogP contribution in [0.4, 0.5) is 0 Å². The lowest BCUT2D eigenvalue weighted by molar-refractivity contribution is -0.145. The molecule has 1 heterocycles. The molecule has 0 spiro atoms. The number of amidine groups is 1. The number of methoxy groups -OCH3 is 1. The van der Waals surface area contributed by atoms with E-state index in [1.54, 1.807) is 0 Å². The fourth-order valence-corrected chi connectivity index (χ4v) is 1.08. The molecule has 62 valence electrons. The zero-order valence-corrected chi connectivity index (χ0v) is 6.54. The topological polar surface area (TPSA) is 64.7 Å². The third-order valence-electron chi connectivity index (χ3n) is 1.80. The van der Waals surface area contributed by atoms with Gasteiger partial charge in [0.15, 0.2) is 0 Å². The van der Waals surface area contributed by atoms with Gasteiger partial charge >= 0.3 is 5.97 Å². The van der Waals surface area contributed by atoms with Gasteiger partial charge in [0, 0.05) is 6.42 Å². The third-order valence-corrected chi connectivity index (χ3v) is 1.80. The van der Waals surface area contributed by atoms with Crippen molar-refractivity contribution in [2.24, 2.45) is 16.6 Å². The molecule has 1 atom stereocenters. The van der Waals surface area contributed by atoms with Gasteiger partial charge in [-0.3, -0.25) is 9.79 Å². The maximum Gasteiger partial charge on any atom is 0.310 e. The Kier molecular flexibility index (Phi) is 2.46. The van der Waals surface area contributed by atoms with Gasteiger partial charge in [0.2, 0.25) is 0 Å². The average Bonchev–Trinajstić information content (AvgIpc) is 2.05. The number of carbonyl (C=O) groups is 1. The summed E-state index contributed by atoms with van der Waals surface area (Å²) < 4.78 is 4.58. The van der Waals surface area contributed by atoms with Gasteiger partial charge in [-0.15, -0.1) is 0 Å². The Bertz CT molecular complexity index is 189. The summed E-state index contributed by atoms with van der Waals surface area (Å²) in [7, 11) is 1.39. The van der Waals surface area contributed by atoms with Crippen molar-refractivity contribution in [1.29, 1.82) is 0 Å². The number of aliphatic imine (C=N–C) groups is 1. The molecule has 0 bridgehead atoms. The molecule has 0 aromatic carbocycles. The largest absolute Gasteiger partial charge is 0.469 e. The second kappa shape index (κ2) is 3.37. The van der Waals surface area contributed by atoms with Gasteiger partial charge in [-0.25, -0.2) is 0 Å². The summed E-state index contributed by atoms with van der Waals surface area (Å²) in [6, 6.07) is 0. The molecule has 4 nitrogen and oxygen atoms in total. The molecule has 0 aromatic heterocycles. The molecule has 11 heavy (non-hydrogen) atoms. The quantitative estimate of drug-likeness (QED) is 0.540. The van der Waals surface area contributed by atoms with E-state index >= 15 is 0 Å². The maximum absolute atomic E-state index is 10.9. The van der Waals surface area contributed by atoms with Gasteiger partial charge in [-0.1, -0.05) is 0 Å². The maximum atomic E-state index is 10.9. The highest BCUT2D eigenvalue weighted by Crippen LogP contribution is 2.13. The molecule has 0 saturated carbocycles. The lowest BCUT2D eigenvalue weighted by atomic mass is 10.0. The Hall–Kier alpha value is -1.06. The molecule has 0 fully saturated rings. The highest BCUT2D eigenvalue weighted by Gasteiger charge is 2.21. The van der Waals surface area contributed by atoms with Crippen molar-refractivity contribution >= 4 is 11.8 Å². The summed E-state index contributed by atoms with van der Waals surface area (Å²) in [6.45, 7) is 0.485. The van der Waals surface area contributed by atoms with Crippen molar-refractivity contribution in [2.45, 2.75) is 12.8 Å². The highest BCUT2D eigenvalue weighted by atomic mass is 16.5.